The van der Waals surface area contributed by atoms with Crippen molar-refractivity contribution >= 4 is 14.3 Å². The van der Waals surface area contributed by atoms with Crippen molar-refractivity contribution in [3.8, 4) is 0 Å². The Bertz CT molecular complexity index is 374. The lowest BCUT2D eigenvalue weighted by Gasteiger charge is -2.16. The average molecular weight is 239 g/mol. The van der Waals surface area contributed by atoms with Gasteiger partial charge in [0.15, 0.2) is 8.32 Å². The molecule has 0 atom stereocenters. The first-order valence-corrected chi connectivity index (χ1v) is 8.51. The van der Waals surface area contributed by atoms with Gasteiger partial charge in [0.2, 0.25) is 0 Å². The van der Waals surface area contributed by atoms with E-state index in [1.165, 1.54) is 7.11 Å². The van der Waals surface area contributed by atoms with Crippen LogP contribution in [0.2, 0.25) is 19.6 Å². The normalized spacial score (nSPS) is 11.2. The first-order chi connectivity index (χ1) is 7.42. The van der Waals surface area contributed by atoms with Gasteiger partial charge in [0.25, 0.3) is 0 Å². The Morgan fingerprint density at radius 3 is 2.62 bits per heavy atom. The quantitative estimate of drug-likeness (QED) is 0.597. The summed E-state index contributed by atoms with van der Waals surface area (Å²) in [6, 6.07) is 5.25. The molecule has 0 aromatic carbocycles. The summed E-state index contributed by atoms with van der Waals surface area (Å²) < 4.78 is 10.3. The zero-order chi connectivity index (χ0) is 12.2. The molecule has 0 saturated heterocycles. The standard InChI is InChI=1S/C11H17NO3Si/c1-14-11(13)10-7-5-6-9(12-10)8-15-16(2,3)4/h5-7H,8H2,1-4H3. The maximum Gasteiger partial charge on any atom is 0.356 e. The fourth-order valence-electron chi connectivity index (χ4n) is 1.07. The number of aromatic nitrogens is 1. The lowest BCUT2D eigenvalue weighted by Crippen LogP contribution is -2.25. The largest absolute Gasteiger partial charge is 0.464 e. The van der Waals surface area contributed by atoms with E-state index in [0.29, 0.717) is 12.3 Å². The van der Waals surface area contributed by atoms with Gasteiger partial charge < -0.3 is 9.16 Å². The molecule has 5 heteroatoms. The highest BCUT2D eigenvalue weighted by molar-refractivity contribution is 6.69. The van der Waals surface area contributed by atoms with E-state index >= 15 is 0 Å². The Morgan fingerprint density at radius 1 is 1.38 bits per heavy atom. The Balaban J connectivity index is 2.71. The highest BCUT2D eigenvalue weighted by Gasteiger charge is 2.15. The highest BCUT2D eigenvalue weighted by atomic mass is 28.4. The van der Waals surface area contributed by atoms with Gasteiger partial charge in [0.1, 0.15) is 5.69 Å². The number of carbonyl (C=O) groups is 1. The molecule has 1 rings (SSSR count). The fraction of sp³-hybridized carbons (Fsp3) is 0.455. The molecule has 88 valence electrons. The summed E-state index contributed by atoms with van der Waals surface area (Å²) in [5.74, 6) is -0.421. The molecule has 0 radical (unpaired) electrons. The molecule has 0 unspecified atom stereocenters. The monoisotopic (exact) mass is 239 g/mol. The van der Waals surface area contributed by atoms with Crippen LogP contribution in [-0.4, -0.2) is 26.4 Å². The number of hydrogen-bond donors (Lipinski definition) is 0. The van der Waals surface area contributed by atoms with E-state index in [-0.39, 0.29) is 0 Å². The van der Waals surface area contributed by atoms with Gasteiger partial charge in [-0.15, -0.1) is 0 Å². The van der Waals surface area contributed by atoms with Crippen LogP contribution in [0.4, 0.5) is 0 Å². The average Bonchev–Trinajstić information content (AvgIpc) is 2.25. The topological polar surface area (TPSA) is 48.4 Å². The SMILES string of the molecule is COC(=O)c1cccc(CO[Si](C)(C)C)n1. The minimum atomic E-state index is -1.55. The molecule has 0 aliphatic rings. The van der Waals surface area contributed by atoms with E-state index in [9.17, 15) is 4.79 Å². The third kappa shape index (κ3) is 4.12. The van der Waals surface area contributed by atoms with E-state index in [4.69, 9.17) is 4.43 Å². The van der Waals surface area contributed by atoms with Crippen molar-refractivity contribution in [2.24, 2.45) is 0 Å². The maximum absolute atomic E-state index is 11.2. The number of nitrogens with zero attached hydrogens (tertiary/aromatic N) is 1. The second kappa shape index (κ2) is 5.22. The molecular weight excluding hydrogens is 222 g/mol. The van der Waals surface area contributed by atoms with Gasteiger partial charge in [0.05, 0.1) is 19.4 Å². The molecule has 4 nitrogen and oxygen atoms in total. The summed E-state index contributed by atoms with van der Waals surface area (Å²) in [6.45, 7) is 6.77. The van der Waals surface area contributed by atoms with Crippen molar-refractivity contribution < 1.29 is 14.0 Å². The third-order valence-electron chi connectivity index (χ3n) is 1.85. The van der Waals surface area contributed by atoms with Crippen molar-refractivity contribution in [2.75, 3.05) is 7.11 Å². The molecule has 1 aromatic rings. The molecule has 0 aliphatic heterocycles. The second-order valence-electron chi connectivity index (χ2n) is 4.41. The van der Waals surface area contributed by atoms with Crippen LogP contribution in [0, 0.1) is 0 Å². The van der Waals surface area contributed by atoms with Gasteiger partial charge in [0, 0.05) is 0 Å². The van der Waals surface area contributed by atoms with E-state index in [1.54, 1.807) is 12.1 Å². The van der Waals surface area contributed by atoms with Crippen molar-refractivity contribution in [3.63, 3.8) is 0 Å². The van der Waals surface area contributed by atoms with Gasteiger partial charge >= 0.3 is 5.97 Å². The van der Waals surface area contributed by atoms with Gasteiger partial charge in [-0.2, -0.15) is 0 Å². The summed E-state index contributed by atoms with van der Waals surface area (Å²) in [5, 5.41) is 0. The van der Waals surface area contributed by atoms with Crippen LogP contribution < -0.4 is 0 Å². The summed E-state index contributed by atoms with van der Waals surface area (Å²) in [5.41, 5.74) is 1.07. The Morgan fingerprint density at radius 2 is 2.06 bits per heavy atom. The van der Waals surface area contributed by atoms with Crippen LogP contribution in [0.25, 0.3) is 0 Å². The summed E-state index contributed by atoms with van der Waals surface area (Å²) in [7, 11) is -0.207. The predicted octanol–water partition coefficient (Wildman–Crippen LogP) is 2.22. The molecular formula is C11H17NO3Si. The number of rotatable bonds is 4. The molecule has 0 N–H and O–H groups in total. The second-order valence-corrected chi connectivity index (χ2v) is 8.92. The van der Waals surface area contributed by atoms with Crippen molar-refractivity contribution in [1.29, 1.82) is 0 Å². The number of esters is 1. The van der Waals surface area contributed by atoms with Crippen LogP contribution >= 0.6 is 0 Å². The van der Waals surface area contributed by atoms with Crippen LogP contribution in [0.15, 0.2) is 18.2 Å². The van der Waals surface area contributed by atoms with Crippen molar-refractivity contribution in [2.45, 2.75) is 26.2 Å². The van der Waals surface area contributed by atoms with E-state index in [2.05, 4.69) is 29.4 Å². The predicted molar refractivity (Wildman–Crippen MR) is 63.7 cm³/mol. The van der Waals surface area contributed by atoms with Crippen molar-refractivity contribution in [3.05, 3.63) is 29.6 Å². The third-order valence-corrected chi connectivity index (χ3v) is 2.86. The lowest BCUT2D eigenvalue weighted by molar-refractivity contribution is 0.0593. The number of carbonyl (C=O) groups excluding carboxylic acids is 1. The maximum atomic E-state index is 11.2. The molecule has 0 bridgehead atoms. The van der Waals surface area contributed by atoms with Crippen molar-refractivity contribution in [1.82, 2.24) is 4.98 Å². The molecule has 0 aliphatic carbocycles. The van der Waals surface area contributed by atoms with Gasteiger partial charge in [-0.3, -0.25) is 0 Å². The fourth-order valence-corrected chi connectivity index (χ4v) is 1.65. The molecule has 0 saturated carbocycles. The molecule has 0 fully saturated rings. The minimum Gasteiger partial charge on any atom is -0.464 e. The summed E-state index contributed by atoms with van der Waals surface area (Å²) in [6.07, 6.45) is 0. The van der Waals surface area contributed by atoms with Gasteiger partial charge in [-0.25, -0.2) is 9.78 Å². The zero-order valence-corrected chi connectivity index (χ0v) is 11.1. The minimum absolute atomic E-state index is 0.319. The lowest BCUT2D eigenvalue weighted by atomic mass is 10.3. The van der Waals surface area contributed by atoms with E-state index in [1.807, 2.05) is 6.07 Å². The molecule has 1 heterocycles. The van der Waals surface area contributed by atoms with E-state index < -0.39 is 14.3 Å². The molecule has 0 amide bonds. The van der Waals surface area contributed by atoms with Crippen LogP contribution in [0.3, 0.4) is 0 Å². The molecule has 16 heavy (non-hydrogen) atoms. The number of methoxy groups -OCH3 is 1. The molecule has 0 spiro atoms. The summed E-state index contributed by atoms with van der Waals surface area (Å²) >= 11 is 0. The smallest absolute Gasteiger partial charge is 0.356 e. The number of hydrogen-bond acceptors (Lipinski definition) is 4. The van der Waals surface area contributed by atoms with Gasteiger partial charge in [-0.05, 0) is 31.8 Å². The molecule has 1 aromatic heterocycles. The first kappa shape index (κ1) is 12.9. The Kier molecular flexibility index (Phi) is 4.20. The van der Waals surface area contributed by atoms with Gasteiger partial charge in [-0.1, -0.05) is 6.07 Å². The first-order valence-electron chi connectivity index (χ1n) is 5.10. The van der Waals surface area contributed by atoms with Crippen LogP contribution in [0.5, 0.6) is 0 Å². The highest BCUT2D eigenvalue weighted by Crippen LogP contribution is 2.08. The van der Waals surface area contributed by atoms with Crippen LogP contribution in [0.1, 0.15) is 16.2 Å². The number of ether oxygens (including phenoxy) is 1. The number of pyridine rings is 1. The zero-order valence-electron chi connectivity index (χ0n) is 10.1. The Hall–Kier alpha value is -1.20. The summed E-state index contributed by atoms with van der Waals surface area (Å²) in [4.78, 5) is 15.4. The van der Waals surface area contributed by atoms with E-state index in [0.717, 1.165) is 5.69 Å². The Labute approximate surface area is 96.7 Å². The van der Waals surface area contributed by atoms with Crippen LogP contribution in [-0.2, 0) is 15.8 Å².